The highest BCUT2D eigenvalue weighted by Crippen LogP contribution is 2.33. The first-order valence-electron chi connectivity index (χ1n) is 6.23. The molecular weight excluding hydrogens is 334 g/mol. The highest BCUT2D eigenvalue weighted by Gasteiger charge is 2.09. The normalized spacial score (nSPS) is 10.4. The van der Waals surface area contributed by atoms with Crippen molar-refractivity contribution in [2.24, 2.45) is 5.73 Å². The number of nitrogens with two attached hydrogens (primary N) is 1. The molecule has 0 heterocycles. The first kappa shape index (κ1) is 15.0. The standard InChI is InChI=1S/C16H16BrNOS/c1-9-6-10(2)11(3)15(7-9)19-14-5-4-12(16(18)20)8-13(14)17/h4-8H,1-3H3,(H2,18,20). The molecule has 0 unspecified atom stereocenters. The van der Waals surface area contributed by atoms with Gasteiger partial charge in [-0.15, -0.1) is 0 Å². The van der Waals surface area contributed by atoms with E-state index in [0.29, 0.717) is 4.99 Å². The fourth-order valence-corrected chi connectivity index (χ4v) is 2.55. The summed E-state index contributed by atoms with van der Waals surface area (Å²) in [7, 11) is 0. The molecule has 0 aliphatic heterocycles. The van der Waals surface area contributed by atoms with E-state index < -0.39 is 0 Å². The van der Waals surface area contributed by atoms with Gasteiger partial charge in [-0.05, 0) is 77.7 Å². The van der Waals surface area contributed by atoms with Crippen LogP contribution in [0.5, 0.6) is 11.5 Å². The lowest BCUT2D eigenvalue weighted by molar-refractivity contribution is 0.475. The third-order valence-electron chi connectivity index (χ3n) is 3.20. The molecule has 20 heavy (non-hydrogen) atoms. The molecule has 0 spiro atoms. The van der Waals surface area contributed by atoms with Gasteiger partial charge in [-0.25, -0.2) is 0 Å². The van der Waals surface area contributed by atoms with Crippen LogP contribution in [0, 0.1) is 20.8 Å². The molecule has 0 aliphatic rings. The minimum Gasteiger partial charge on any atom is -0.456 e. The fourth-order valence-electron chi connectivity index (χ4n) is 1.96. The molecule has 0 aliphatic carbocycles. The van der Waals surface area contributed by atoms with E-state index in [1.165, 1.54) is 11.1 Å². The molecule has 2 rings (SSSR count). The molecule has 2 aromatic rings. The minimum absolute atomic E-state index is 0.375. The summed E-state index contributed by atoms with van der Waals surface area (Å²) in [5, 5.41) is 0. The Morgan fingerprint density at radius 2 is 1.80 bits per heavy atom. The Balaban J connectivity index is 2.38. The Morgan fingerprint density at radius 3 is 2.40 bits per heavy atom. The van der Waals surface area contributed by atoms with Gasteiger partial charge in [-0.3, -0.25) is 0 Å². The van der Waals surface area contributed by atoms with Gasteiger partial charge in [0, 0.05) is 5.56 Å². The van der Waals surface area contributed by atoms with E-state index in [1.807, 2.05) is 24.3 Å². The van der Waals surface area contributed by atoms with Crippen molar-refractivity contribution in [1.82, 2.24) is 0 Å². The third kappa shape index (κ3) is 3.19. The largest absolute Gasteiger partial charge is 0.456 e. The van der Waals surface area contributed by atoms with Gasteiger partial charge >= 0.3 is 0 Å². The lowest BCUT2D eigenvalue weighted by Gasteiger charge is -2.13. The Morgan fingerprint density at radius 1 is 1.10 bits per heavy atom. The van der Waals surface area contributed by atoms with Crippen molar-refractivity contribution in [3.05, 3.63) is 57.1 Å². The van der Waals surface area contributed by atoms with E-state index in [2.05, 4.69) is 42.8 Å². The smallest absolute Gasteiger partial charge is 0.141 e. The molecule has 0 aromatic heterocycles. The number of thiocarbonyl (C=S) groups is 1. The minimum atomic E-state index is 0.375. The molecule has 0 fully saturated rings. The van der Waals surface area contributed by atoms with Crippen molar-refractivity contribution >= 4 is 33.1 Å². The van der Waals surface area contributed by atoms with Gasteiger partial charge in [0.2, 0.25) is 0 Å². The number of rotatable bonds is 3. The number of hydrogen-bond acceptors (Lipinski definition) is 2. The maximum absolute atomic E-state index is 6.01. The van der Waals surface area contributed by atoms with Gasteiger partial charge in [0.05, 0.1) is 4.47 Å². The van der Waals surface area contributed by atoms with Crippen molar-refractivity contribution in [2.45, 2.75) is 20.8 Å². The summed E-state index contributed by atoms with van der Waals surface area (Å²) in [6, 6.07) is 9.79. The van der Waals surface area contributed by atoms with Crippen LogP contribution in [-0.2, 0) is 0 Å². The topological polar surface area (TPSA) is 35.2 Å². The van der Waals surface area contributed by atoms with Crippen LogP contribution in [0.2, 0.25) is 0 Å². The quantitative estimate of drug-likeness (QED) is 0.808. The van der Waals surface area contributed by atoms with Crippen LogP contribution in [-0.4, -0.2) is 4.99 Å². The molecule has 0 radical (unpaired) electrons. The predicted molar refractivity (Wildman–Crippen MR) is 90.8 cm³/mol. The molecular formula is C16H16BrNOS. The van der Waals surface area contributed by atoms with Gasteiger partial charge in [-0.1, -0.05) is 18.3 Å². The van der Waals surface area contributed by atoms with Crippen LogP contribution in [0.3, 0.4) is 0 Å². The molecule has 0 atom stereocenters. The summed E-state index contributed by atoms with van der Waals surface area (Å²) >= 11 is 8.46. The second-order valence-corrected chi connectivity index (χ2v) is 6.11. The summed E-state index contributed by atoms with van der Waals surface area (Å²) in [4.78, 5) is 0.375. The van der Waals surface area contributed by atoms with Crippen LogP contribution in [0.1, 0.15) is 22.3 Å². The number of benzene rings is 2. The zero-order valence-corrected chi connectivity index (χ0v) is 14.1. The van der Waals surface area contributed by atoms with Crippen LogP contribution in [0.25, 0.3) is 0 Å². The second kappa shape index (κ2) is 5.94. The average Bonchev–Trinajstić information content (AvgIpc) is 2.37. The van der Waals surface area contributed by atoms with Crippen molar-refractivity contribution in [3.8, 4) is 11.5 Å². The lowest BCUT2D eigenvalue weighted by atomic mass is 10.1. The van der Waals surface area contributed by atoms with E-state index in [0.717, 1.165) is 27.1 Å². The van der Waals surface area contributed by atoms with Gasteiger partial charge in [0.1, 0.15) is 16.5 Å². The second-order valence-electron chi connectivity index (χ2n) is 4.82. The van der Waals surface area contributed by atoms with Crippen molar-refractivity contribution in [2.75, 3.05) is 0 Å². The summed E-state index contributed by atoms with van der Waals surface area (Å²) in [5.74, 6) is 1.62. The number of aryl methyl sites for hydroxylation is 2. The first-order chi connectivity index (χ1) is 9.38. The maximum Gasteiger partial charge on any atom is 0.141 e. The Bertz CT molecular complexity index is 682. The molecule has 0 saturated heterocycles. The summed E-state index contributed by atoms with van der Waals surface area (Å²) in [6.07, 6.45) is 0. The van der Waals surface area contributed by atoms with Gasteiger partial charge in [0.25, 0.3) is 0 Å². The van der Waals surface area contributed by atoms with Gasteiger partial charge in [0.15, 0.2) is 0 Å². The molecule has 104 valence electrons. The molecule has 0 saturated carbocycles. The van der Waals surface area contributed by atoms with E-state index in [9.17, 15) is 0 Å². The van der Waals surface area contributed by atoms with Gasteiger partial charge in [-0.2, -0.15) is 0 Å². The zero-order chi connectivity index (χ0) is 14.9. The Hall–Kier alpha value is -1.39. The Kier molecular flexibility index (Phi) is 4.45. The lowest BCUT2D eigenvalue weighted by Crippen LogP contribution is -2.09. The number of halogens is 1. The molecule has 0 bridgehead atoms. The van der Waals surface area contributed by atoms with E-state index in [4.69, 9.17) is 22.7 Å². The van der Waals surface area contributed by atoms with Crippen LogP contribution in [0.4, 0.5) is 0 Å². The van der Waals surface area contributed by atoms with E-state index in [1.54, 1.807) is 0 Å². The molecule has 0 amide bonds. The highest BCUT2D eigenvalue weighted by molar-refractivity contribution is 9.10. The first-order valence-corrected chi connectivity index (χ1v) is 7.43. The van der Waals surface area contributed by atoms with Crippen LogP contribution in [0.15, 0.2) is 34.8 Å². The number of ether oxygens (including phenoxy) is 1. The summed E-state index contributed by atoms with van der Waals surface area (Å²) in [6.45, 7) is 6.20. The van der Waals surface area contributed by atoms with Crippen molar-refractivity contribution in [1.29, 1.82) is 0 Å². The monoisotopic (exact) mass is 349 g/mol. The number of hydrogen-bond donors (Lipinski definition) is 1. The maximum atomic E-state index is 6.01. The molecule has 2 nitrogen and oxygen atoms in total. The van der Waals surface area contributed by atoms with Gasteiger partial charge < -0.3 is 10.5 Å². The fraction of sp³-hybridized carbons (Fsp3) is 0.188. The van der Waals surface area contributed by atoms with Crippen molar-refractivity contribution < 1.29 is 4.74 Å². The van der Waals surface area contributed by atoms with E-state index in [-0.39, 0.29) is 0 Å². The summed E-state index contributed by atoms with van der Waals surface area (Å²) < 4.78 is 6.84. The molecule has 4 heteroatoms. The highest BCUT2D eigenvalue weighted by atomic mass is 79.9. The van der Waals surface area contributed by atoms with Crippen LogP contribution < -0.4 is 10.5 Å². The van der Waals surface area contributed by atoms with Crippen LogP contribution >= 0.6 is 28.1 Å². The molecule has 2 aromatic carbocycles. The SMILES string of the molecule is Cc1cc(C)c(C)c(Oc2ccc(C(N)=S)cc2Br)c1. The average molecular weight is 350 g/mol. The third-order valence-corrected chi connectivity index (χ3v) is 4.06. The zero-order valence-electron chi connectivity index (χ0n) is 11.7. The van der Waals surface area contributed by atoms with E-state index >= 15 is 0 Å². The predicted octanol–water partition coefficient (Wildman–Crippen LogP) is 4.80. The molecule has 2 N–H and O–H groups in total. The summed E-state index contributed by atoms with van der Waals surface area (Å²) in [5.41, 5.74) is 9.97. The van der Waals surface area contributed by atoms with Crippen molar-refractivity contribution in [3.63, 3.8) is 0 Å². The Labute approximate surface area is 133 Å².